The zero-order chi connectivity index (χ0) is 30.5. The van der Waals surface area contributed by atoms with Crippen LogP contribution in [-0.4, -0.2) is 15.0 Å². The molecule has 3 heteroatoms. The molecule has 0 amide bonds. The number of benzene rings is 7. The predicted molar refractivity (Wildman–Crippen MR) is 192 cm³/mol. The summed E-state index contributed by atoms with van der Waals surface area (Å²) in [7, 11) is 0. The first-order valence-electron chi connectivity index (χ1n) is 15.5. The molecule has 0 fully saturated rings. The van der Waals surface area contributed by atoms with Crippen LogP contribution in [0.5, 0.6) is 0 Å². The fourth-order valence-electron chi connectivity index (χ4n) is 6.62. The maximum atomic E-state index is 5.20. The molecule has 7 aromatic carbocycles. The lowest BCUT2D eigenvalue weighted by Crippen LogP contribution is -1.96. The molecule has 0 aliphatic rings. The standard InChI is InChI=1S/C43H27N3/c1-2-12-29(13-3-1)34-17-10-18-37-40(34)35-15-6-8-19-38(35)44-41(37)30-22-24-31(25-23-30)43-45-39-20-9-7-16-36(39)42(46-43)33-26-21-28-11-4-5-14-32(28)27-33/h1-27H. The van der Waals surface area contributed by atoms with E-state index in [2.05, 4.69) is 158 Å². The summed E-state index contributed by atoms with van der Waals surface area (Å²) in [5.41, 5.74) is 9.32. The highest BCUT2D eigenvalue weighted by molar-refractivity contribution is 6.17. The van der Waals surface area contributed by atoms with Crippen LogP contribution in [0.15, 0.2) is 164 Å². The number of fused-ring (bicyclic) bond motifs is 5. The van der Waals surface area contributed by atoms with E-state index in [1.165, 1.54) is 27.3 Å². The largest absolute Gasteiger partial charge is 0.247 e. The first kappa shape index (κ1) is 26.2. The van der Waals surface area contributed by atoms with Gasteiger partial charge in [0.25, 0.3) is 0 Å². The Morgan fingerprint density at radius 3 is 1.76 bits per heavy atom. The first-order chi connectivity index (χ1) is 22.8. The van der Waals surface area contributed by atoms with Crippen molar-refractivity contribution in [3.8, 4) is 45.0 Å². The minimum Gasteiger partial charge on any atom is -0.247 e. The van der Waals surface area contributed by atoms with Crippen LogP contribution in [0.2, 0.25) is 0 Å². The fourth-order valence-corrected chi connectivity index (χ4v) is 6.62. The Balaban J connectivity index is 1.19. The number of para-hydroxylation sites is 2. The second-order valence-electron chi connectivity index (χ2n) is 11.6. The van der Waals surface area contributed by atoms with Gasteiger partial charge in [-0.05, 0) is 40.1 Å². The lowest BCUT2D eigenvalue weighted by molar-refractivity contribution is 1.23. The molecule has 0 unspecified atom stereocenters. The van der Waals surface area contributed by atoms with Gasteiger partial charge in [-0.15, -0.1) is 0 Å². The second-order valence-corrected chi connectivity index (χ2v) is 11.6. The SMILES string of the molecule is c1ccc(-c2cccc3c(-c4ccc(-c5nc(-c6ccc7ccccc7c6)c6ccccc6n5)cc4)nc4ccccc4c23)cc1. The van der Waals surface area contributed by atoms with Crippen molar-refractivity contribution in [2.75, 3.05) is 0 Å². The summed E-state index contributed by atoms with van der Waals surface area (Å²) in [4.78, 5) is 15.4. The molecule has 9 aromatic rings. The van der Waals surface area contributed by atoms with Crippen LogP contribution < -0.4 is 0 Å². The highest BCUT2D eigenvalue weighted by Gasteiger charge is 2.16. The number of aromatic nitrogens is 3. The van der Waals surface area contributed by atoms with Crippen LogP contribution in [0.1, 0.15) is 0 Å². The van der Waals surface area contributed by atoms with E-state index < -0.39 is 0 Å². The van der Waals surface area contributed by atoms with E-state index in [9.17, 15) is 0 Å². The molecule has 0 N–H and O–H groups in total. The first-order valence-corrected chi connectivity index (χ1v) is 15.5. The zero-order valence-electron chi connectivity index (χ0n) is 24.9. The van der Waals surface area contributed by atoms with Crippen molar-refractivity contribution in [1.82, 2.24) is 15.0 Å². The summed E-state index contributed by atoms with van der Waals surface area (Å²) >= 11 is 0. The van der Waals surface area contributed by atoms with Gasteiger partial charge in [0.2, 0.25) is 0 Å². The molecule has 2 heterocycles. The summed E-state index contributed by atoms with van der Waals surface area (Å²) in [6.45, 7) is 0. The topological polar surface area (TPSA) is 38.7 Å². The minimum absolute atomic E-state index is 0.705. The quantitative estimate of drug-likeness (QED) is 0.193. The van der Waals surface area contributed by atoms with Crippen LogP contribution >= 0.6 is 0 Å². The predicted octanol–water partition coefficient (Wildman–Crippen LogP) is 11.2. The average Bonchev–Trinajstić information content (AvgIpc) is 3.14. The van der Waals surface area contributed by atoms with Gasteiger partial charge >= 0.3 is 0 Å². The summed E-state index contributed by atoms with van der Waals surface area (Å²) in [6, 6.07) is 57.3. The average molecular weight is 586 g/mol. The number of rotatable bonds is 4. The van der Waals surface area contributed by atoms with Crippen molar-refractivity contribution >= 4 is 43.4 Å². The summed E-state index contributed by atoms with van der Waals surface area (Å²) < 4.78 is 0. The summed E-state index contributed by atoms with van der Waals surface area (Å²) in [6.07, 6.45) is 0. The zero-order valence-corrected chi connectivity index (χ0v) is 24.9. The Kier molecular flexibility index (Phi) is 6.14. The molecule has 0 bridgehead atoms. The Bertz CT molecular complexity index is 2570. The molecule has 3 nitrogen and oxygen atoms in total. The van der Waals surface area contributed by atoms with Gasteiger partial charge in [0.1, 0.15) is 0 Å². The molecule has 46 heavy (non-hydrogen) atoms. The Labute approximate surface area is 266 Å². The van der Waals surface area contributed by atoms with Crippen molar-refractivity contribution in [3.05, 3.63) is 164 Å². The molecule has 214 valence electrons. The Morgan fingerprint density at radius 1 is 0.326 bits per heavy atom. The molecule has 0 aliphatic heterocycles. The number of hydrogen-bond acceptors (Lipinski definition) is 3. The van der Waals surface area contributed by atoms with Crippen LogP contribution in [0.4, 0.5) is 0 Å². The van der Waals surface area contributed by atoms with Gasteiger partial charge in [-0.25, -0.2) is 15.0 Å². The third-order valence-electron chi connectivity index (χ3n) is 8.85. The van der Waals surface area contributed by atoms with Crippen molar-refractivity contribution in [3.63, 3.8) is 0 Å². The monoisotopic (exact) mass is 585 g/mol. The summed E-state index contributed by atoms with van der Waals surface area (Å²) in [5, 5.41) is 6.96. The Morgan fingerprint density at radius 2 is 0.935 bits per heavy atom. The second kappa shape index (κ2) is 10.8. The van der Waals surface area contributed by atoms with Crippen molar-refractivity contribution in [2.24, 2.45) is 0 Å². The molecule has 2 aromatic heterocycles. The van der Waals surface area contributed by atoms with E-state index in [0.717, 1.165) is 55.3 Å². The molecule has 0 saturated heterocycles. The van der Waals surface area contributed by atoms with Gasteiger partial charge in [-0.1, -0.05) is 146 Å². The molecular weight excluding hydrogens is 558 g/mol. The lowest BCUT2D eigenvalue weighted by Gasteiger charge is -2.14. The van der Waals surface area contributed by atoms with E-state index in [4.69, 9.17) is 15.0 Å². The molecule has 0 aliphatic carbocycles. The maximum absolute atomic E-state index is 5.20. The molecule has 0 radical (unpaired) electrons. The molecule has 0 spiro atoms. The van der Waals surface area contributed by atoms with Gasteiger partial charge in [0.15, 0.2) is 5.82 Å². The molecular formula is C43H27N3. The van der Waals surface area contributed by atoms with Crippen molar-refractivity contribution < 1.29 is 0 Å². The highest BCUT2D eigenvalue weighted by atomic mass is 14.9. The van der Waals surface area contributed by atoms with Gasteiger partial charge in [0, 0.05) is 38.2 Å². The van der Waals surface area contributed by atoms with Gasteiger partial charge < -0.3 is 0 Å². The van der Waals surface area contributed by atoms with Gasteiger partial charge in [-0.3, -0.25) is 0 Å². The van der Waals surface area contributed by atoms with E-state index >= 15 is 0 Å². The third kappa shape index (κ3) is 4.41. The van der Waals surface area contributed by atoms with Gasteiger partial charge in [-0.2, -0.15) is 0 Å². The summed E-state index contributed by atoms with van der Waals surface area (Å²) in [5.74, 6) is 0.705. The number of nitrogens with zero attached hydrogens (tertiary/aromatic N) is 3. The van der Waals surface area contributed by atoms with Gasteiger partial charge in [0.05, 0.1) is 22.4 Å². The van der Waals surface area contributed by atoms with E-state index in [0.29, 0.717) is 5.82 Å². The van der Waals surface area contributed by atoms with E-state index in [1.54, 1.807) is 0 Å². The van der Waals surface area contributed by atoms with Crippen LogP contribution in [-0.2, 0) is 0 Å². The van der Waals surface area contributed by atoms with E-state index in [1.807, 2.05) is 6.07 Å². The lowest BCUT2D eigenvalue weighted by atomic mass is 9.93. The third-order valence-corrected chi connectivity index (χ3v) is 8.85. The molecule has 0 saturated carbocycles. The normalized spacial score (nSPS) is 11.5. The minimum atomic E-state index is 0.705. The highest BCUT2D eigenvalue weighted by Crippen LogP contribution is 2.39. The van der Waals surface area contributed by atoms with Crippen LogP contribution in [0.25, 0.3) is 88.4 Å². The van der Waals surface area contributed by atoms with Crippen molar-refractivity contribution in [2.45, 2.75) is 0 Å². The van der Waals surface area contributed by atoms with Crippen molar-refractivity contribution in [1.29, 1.82) is 0 Å². The molecule has 9 rings (SSSR count). The van der Waals surface area contributed by atoms with E-state index in [-0.39, 0.29) is 0 Å². The molecule has 0 atom stereocenters. The maximum Gasteiger partial charge on any atom is 0.160 e. The fraction of sp³-hybridized carbons (Fsp3) is 0. The smallest absolute Gasteiger partial charge is 0.160 e. The number of hydrogen-bond donors (Lipinski definition) is 0. The van der Waals surface area contributed by atoms with Crippen LogP contribution in [0, 0.1) is 0 Å². The van der Waals surface area contributed by atoms with Crippen LogP contribution in [0.3, 0.4) is 0 Å². The Hall–Kier alpha value is -6.19. The number of pyridine rings is 1.